The normalized spacial score (nSPS) is 15.1. The molecule has 144 valence electrons. The monoisotopic (exact) mass is 399 g/mol. The van der Waals surface area contributed by atoms with Crippen molar-refractivity contribution < 1.29 is 4.79 Å². The van der Waals surface area contributed by atoms with E-state index in [-0.39, 0.29) is 24.9 Å². The van der Waals surface area contributed by atoms with Crippen LogP contribution in [-0.2, 0) is 18.4 Å². The number of piperidine rings is 1. The van der Waals surface area contributed by atoms with Crippen LogP contribution < -0.4 is 10.6 Å². The molecule has 0 aliphatic carbocycles. The fraction of sp³-hybridized carbons (Fsp3) is 0.625. The predicted molar refractivity (Wildman–Crippen MR) is 105 cm³/mol. The number of hydrogen-bond donors (Lipinski definition) is 2. The molecule has 0 aromatic carbocycles. The van der Waals surface area contributed by atoms with Gasteiger partial charge < -0.3 is 15.2 Å². The predicted octanol–water partition coefficient (Wildman–Crippen LogP) is 1.54. The van der Waals surface area contributed by atoms with Crippen molar-refractivity contribution in [3.05, 3.63) is 22.7 Å². The van der Waals surface area contributed by atoms with Crippen LogP contribution in [0.15, 0.2) is 6.20 Å². The highest BCUT2D eigenvalue weighted by atomic mass is 35.5. The van der Waals surface area contributed by atoms with Crippen molar-refractivity contribution in [2.75, 3.05) is 32.0 Å². The Kier molecular flexibility index (Phi) is 7.51. The van der Waals surface area contributed by atoms with E-state index in [2.05, 4.69) is 25.8 Å². The van der Waals surface area contributed by atoms with Gasteiger partial charge in [0, 0.05) is 18.1 Å². The van der Waals surface area contributed by atoms with E-state index in [1.165, 1.54) is 4.88 Å². The van der Waals surface area contributed by atoms with Gasteiger partial charge in [-0.2, -0.15) is 0 Å². The summed E-state index contributed by atoms with van der Waals surface area (Å²) >= 11 is 1.59. The van der Waals surface area contributed by atoms with E-state index in [0.717, 1.165) is 37.6 Å². The van der Waals surface area contributed by atoms with Gasteiger partial charge in [0.05, 0.1) is 13.1 Å². The highest BCUT2D eigenvalue weighted by Crippen LogP contribution is 2.31. The van der Waals surface area contributed by atoms with E-state index in [1.807, 2.05) is 36.7 Å². The zero-order valence-electron chi connectivity index (χ0n) is 15.4. The van der Waals surface area contributed by atoms with Crippen molar-refractivity contribution in [3.63, 3.8) is 0 Å². The average Bonchev–Trinajstić information content (AvgIpc) is 3.17. The lowest BCUT2D eigenvalue weighted by Crippen LogP contribution is -2.30. The standard InChI is InChI=1S/C16H25N7OS.ClH/c1-11-20-21-14(23(11)3)9-22(2)10-15(24)19-16-18-8-13(25-16)12-4-6-17-7-5-12;/h8,12,17H,4-7,9-10H2,1-3H3,(H,18,19,24);1H. The van der Waals surface area contributed by atoms with Gasteiger partial charge in [0.2, 0.25) is 5.91 Å². The number of halogens is 1. The molecule has 0 radical (unpaired) electrons. The molecule has 1 saturated heterocycles. The van der Waals surface area contributed by atoms with Gasteiger partial charge in [-0.3, -0.25) is 9.69 Å². The Balaban J connectivity index is 0.00000243. The van der Waals surface area contributed by atoms with Gasteiger partial charge in [0.25, 0.3) is 0 Å². The SMILES string of the molecule is Cc1nnc(CN(C)CC(=O)Nc2ncc(C3CCNCC3)s2)n1C.Cl. The molecule has 2 aromatic heterocycles. The van der Waals surface area contributed by atoms with Crippen LogP contribution in [0.2, 0.25) is 0 Å². The first kappa shape index (κ1) is 20.8. The lowest BCUT2D eigenvalue weighted by molar-refractivity contribution is -0.117. The molecule has 0 unspecified atom stereocenters. The van der Waals surface area contributed by atoms with Crippen LogP contribution in [0.5, 0.6) is 0 Å². The van der Waals surface area contributed by atoms with Gasteiger partial charge in [-0.05, 0) is 45.8 Å². The number of amides is 1. The summed E-state index contributed by atoms with van der Waals surface area (Å²) in [5.74, 6) is 2.20. The molecule has 1 aliphatic rings. The number of aromatic nitrogens is 4. The summed E-state index contributed by atoms with van der Waals surface area (Å²) in [7, 11) is 3.82. The fourth-order valence-electron chi connectivity index (χ4n) is 2.93. The zero-order valence-corrected chi connectivity index (χ0v) is 17.0. The Morgan fingerprint density at radius 1 is 1.42 bits per heavy atom. The van der Waals surface area contributed by atoms with Crippen LogP contribution in [0.25, 0.3) is 0 Å². The maximum absolute atomic E-state index is 12.2. The molecule has 2 N–H and O–H groups in total. The zero-order chi connectivity index (χ0) is 17.8. The molecular formula is C16H26ClN7OS. The van der Waals surface area contributed by atoms with Crippen LogP contribution in [0.3, 0.4) is 0 Å². The van der Waals surface area contributed by atoms with Crippen LogP contribution in [-0.4, -0.2) is 57.2 Å². The molecule has 8 nitrogen and oxygen atoms in total. The molecule has 3 heterocycles. The van der Waals surface area contributed by atoms with Crippen LogP contribution in [0.4, 0.5) is 5.13 Å². The van der Waals surface area contributed by atoms with E-state index in [4.69, 9.17) is 0 Å². The second-order valence-corrected chi connectivity index (χ2v) is 7.60. The summed E-state index contributed by atoms with van der Waals surface area (Å²) in [6.45, 7) is 4.87. The number of anilines is 1. The molecule has 10 heteroatoms. The first-order valence-electron chi connectivity index (χ1n) is 8.52. The lowest BCUT2D eigenvalue weighted by Gasteiger charge is -2.20. The van der Waals surface area contributed by atoms with Gasteiger partial charge in [-0.15, -0.1) is 33.9 Å². The molecule has 0 saturated carbocycles. The Bertz CT molecular complexity index is 726. The van der Waals surface area contributed by atoms with E-state index in [1.54, 1.807) is 11.3 Å². The van der Waals surface area contributed by atoms with Crippen molar-refractivity contribution in [2.45, 2.75) is 32.2 Å². The minimum atomic E-state index is -0.0624. The van der Waals surface area contributed by atoms with Gasteiger partial charge in [0.1, 0.15) is 11.6 Å². The maximum Gasteiger partial charge on any atom is 0.240 e. The van der Waals surface area contributed by atoms with Crippen LogP contribution >= 0.6 is 23.7 Å². The summed E-state index contributed by atoms with van der Waals surface area (Å²) < 4.78 is 1.93. The quantitative estimate of drug-likeness (QED) is 0.766. The largest absolute Gasteiger partial charge is 0.317 e. The van der Waals surface area contributed by atoms with Gasteiger partial charge in [-0.25, -0.2) is 4.98 Å². The van der Waals surface area contributed by atoms with Gasteiger partial charge in [0.15, 0.2) is 5.13 Å². The number of rotatable bonds is 6. The number of hydrogen-bond acceptors (Lipinski definition) is 7. The minimum absolute atomic E-state index is 0. The molecule has 1 amide bonds. The average molecular weight is 400 g/mol. The summed E-state index contributed by atoms with van der Waals surface area (Å²) in [6, 6.07) is 0. The van der Waals surface area contributed by atoms with Crippen molar-refractivity contribution in [2.24, 2.45) is 7.05 Å². The molecule has 0 bridgehead atoms. The Hall–Kier alpha value is -1.55. The van der Waals surface area contributed by atoms with Crippen LogP contribution in [0, 0.1) is 6.92 Å². The highest BCUT2D eigenvalue weighted by Gasteiger charge is 2.19. The number of nitrogens with zero attached hydrogens (tertiary/aromatic N) is 5. The van der Waals surface area contributed by atoms with E-state index >= 15 is 0 Å². The van der Waals surface area contributed by atoms with E-state index < -0.39 is 0 Å². The Morgan fingerprint density at radius 3 is 2.81 bits per heavy atom. The molecule has 0 atom stereocenters. The number of carbonyl (C=O) groups is 1. The molecule has 1 fully saturated rings. The van der Waals surface area contributed by atoms with Crippen molar-refractivity contribution >= 4 is 34.8 Å². The van der Waals surface area contributed by atoms with Crippen molar-refractivity contribution in [3.8, 4) is 0 Å². The topological polar surface area (TPSA) is 88.0 Å². The number of nitrogens with one attached hydrogen (secondary N) is 2. The van der Waals surface area contributed by atoms with Crippen molar-refractivity contribution in [1.82, 2.24) is 30.0 Å². The summed E-state index contributed by atoms with van der Waals surface area (Å²) in [6.07, 6.45) is 4.17. The molecule has 1 aliphatic heterocycles. The first-order valence-corrected chi connectivity index (χ1v) is 9.34. The van der Waals surface area contributed by atoms with E-state index in [0.29, 0.717) is 17.6 Å². The smallest absolute Gasteiger partial charge is 0.240 e. The Labute approximate surface area is 163 Å². The molecule has 3 rings (SSSR count). The summed E-state index contributed by atoms with van der Waals surface area (Å²) in [5.41, 5.74) is 0. The summed E-state index contributed by atoms with van der Waals surface area (Å²) in [4.78, 5) is 19.8. The van der Waals surface area contributed by atoms with E-state index in [9.17, 15) is 4.79 Å². The molecule has 2 aromatic rings. The van der Waals surface area contributed by atoms with Gasteiger partial charge >= 0.3 is 0 Å². The molecule has 26 heavy (non-hydrogen) atoms. The lowest BCUT2D eigenvalue weighted by atomic mass is 9.97. The summed E-state index contributed by atoms with van der Waals surface area (Å²) in [5, 5.41) is 15.1. The maximum atomic E-state index is 12.2. The number of aryl methyl sites for hydroxylation is 1. The Morgan fingerprint density at radius 2 is 2.15 bits per heavy atom. The third-order valence-electron chi connectivity index (χ3n) is 4.52. The van der Waals surface area contributed by atoms with Crippen LogP contribution in [0.1, 0.15) is 35.3 Å². The third-order valence-corrected chi connectivity index (χ3v) is 5.59. The second-order valence-electron chi connectivity index (χ2n) is 6.53. The third kappa shape index (κ3) is 5.23. The number of likely N-dealkylation sites (N-methyl/N-ethyl adjacent to an activating group) is 1. The number of carbonyl (C=O) groups excluding carboxylic acids is 1. The second kappa shape index (κ2) is 9.40. The minimum Gasteiger partial charge on any atom is -0.317 e. The fourth-order valence-corrected chi connectivity index (χ4v) is 3.93. The molecule has 0 spiro atoms. The molecular weight excluding hydrogens is 374 g/mol. The first-order chi connectivity index (χ1) is 12.0. The number of thiazole rings is 1. The van der Waals surface area contributed by atoms with Crippen molar-refractivity contribution in [1.29, 1.82) is 0 Å². The highest BCUT2D eigenvalue weighted by molar-refractivity contribution is 7.15. The van der Waals surface area contributed by atoms with Gasteiger partial charge in [-0.1, -0.05) is 0 Å².